The molecule has 1 heterocycles. The maximum atomic E-state index is 11.9. The Labute approximate surface area is 136 Å². The van der Waals surface area contributed by atoms with Gasteiger partial charge in [-0.1, -0.05) is 28.1 Å². The molecule has 4 nitrogen and oxygen atoms in total. The topological polar surface area (TPSA) is 54.9 Å². The number of rotatable bonds is 3. The Morgan fingerprint density at radius 1 is 1.05 bits per heavy atom. The van der Waals surface area contributed by atoms with Crippen molar-refractivity contribution in [1.29, 1.82) is 0 Å². The molecular weight excluding hydrogens is 342 g/mol. The van der Waals surface area contributed by atoms with E-state index in [0.29, 0.717) is 5.69 Å². The molecule has 0 fully saturated rings. The van der Waals surface area contributed by atoms with Crippen molar-refractivity contribution in [3.05, 3.63) is 71.0 Å². The van der Waals surface area contributed by atoms with Gasteiger partial charge in [-0.05, 0) is 42.5 Å². The highest BCUT2D eigenvalue weighted by Crippen LogP contribution is 2.14. The van der Waals surface area contributed by atoms with Crippen LogP contribution in [0.4, 0.5) is 5.69 Å². The van der Waals surface area contributed by atoms with Gasteiger partial charge in [-0.3, -0.25) is 9.78 Å². The second-order valence-electron chi connectivity index (χ2n) is 4.61. The van der Waals surface area contributed by atoms with Crippen LogP contribution in [0.5, 0.6) is 0 Å². The van der Waals surface area contributed by atoms with Gasteiger partial charge in [0.05, 0.1) is 22.9 Å². The van der Waals surface area contributed by atoms with Crippen LogP contribution in [-0.4, -0.2) is 15.9 Å². The minimum absolute atomic E-state index is 0.211. The fourth-order valence-corrected chi connectivity index (χ4v) is 2.19. The molecule has 0 unspecified atom stereocenters. The Bertz CT molecular complexity index is 844. The van der Waals surface area contributed by atoms with E-state index in [1.54, 1.807) is 12.3 Å². The van der Waals surface area contributed by atoms with Crippen molar-refractivity contribution in [2.75, 3.05) is 5.32 Å². The zero-order valence-corrected chi connectivity index (χ0v) is 13.1. The Balaban J connectivity index is 1.71. The highest BCUT2D eigenvalue weighted by atomic mass is 79.9. The number of hydrogen-bond acceptors (Lipinski definition) is 3. The van der Waals surface area contributed by atoms with Crippen LogP contribution in [0, 0.1) is 0 Å². The smallest absolute Gasteiger partial charge is 0.248 e. The van der Waals surface area contributed by atoms with Gasteiger partial charge in [-0.25, -0.2) is 4.98 Å². The largest absolute Gasteiger partial charge is 0.323 e. The number of aromatic nitrogens is 2. The average Bonchev–Trinajstić information content (AvgIpc) is 2.55. The van der Waals surface area contributed by atoms with Gasteiger partial charge in [0, 0.05) is 16.2 Å². The third kappa shape index (κ3) is 3.56. The number of carbonyl (C=O) groups excluding carboxylic acids is 1. The molecule has 0 saturated heterocycles. The molecule has 1 aromatic heterocycles. The molecule has 22 heavy (non-hydrogen) atoms. The van der Waals surface area contributed by atoms with Gasteiger partial charge in [0.2, 0.25) is 5.91 Å². The summed E-state index contributed by atoms with van der Waals surface area (Å²) >= 11 is 3.35. The molecule has 0 aliphatic heterocycles. The molecule has 3 aromatic rings. The van der Waals surface area contributed by atoms with Crippen LogP contribution in [0.1, 0.15) is 5.69 Å². The number of benzene rings is 2. The maximum absolute atomic E-state index is 11.9. The lowest BCUT2D eigenvalue weighted by Gasteiger charge is -2.01. The monoisotopic (exact) mass is 353 g/mol. The molecule has 0 aliphatic carbocycles. The first-order valence-electron chi connectivity index (χ1n) is 6.67. The first-order valence-corrected chi connectivity index (χ1v) is 7.46. The lowest BCUT2D eigenvalue weighted by Crippen LogP contribution is -2.07. The lowest BCUT2D eigenvalue weighted by molar-refractivity contribution is -0.111. The minimum atomic E-state index is -0.211. The van der Waals surface area contributed by atoms with E-state index >= 15 is 0 Å². The summed E-state index contributed by atoms with van der Waals surface area (Å²) in [7, 11) is 0. The molecule has 1 N–H and O–H groups in total. The van der Waals surface area contributed by atoms with Crippen LogP contribution in [0.3, 0.4) is 0 Å². The van der Waals surface area contributed by atoms with E-state index in [9.17, 15) is 4.79 Å². The van der Waals surface area contributed by atoms with Crippen LogP contribution < -0.4 is 5.32 Å². The molecule has 0 atom stereocenters. The van der Waals surface area contributed by atoms with Gasteiger partial charge in [0.1, 0.15) is 0 Å². The lowest BCUT2D eigenvalue weighted by atomic mass is 10.3. The zero-order chi connectivity index (χ0) is 15.4. The molecular formula is C17H12BrN3O. The number of carbonyl (C=O) groups is 1. The Morgan fingerprint density at radius 2 is 1.77 bits per heavy atom. The predicted octanol–water partition coefficient (Wildman–Crippen LogP) is 4.04. The van der Waals surface area contributed by atoms with E-state index in [1.807, 2.05) is 48.5 Å². The average molecular weight is 354 g/mol. The van der Waals surface area contributed by atoms with Crippen LogP contribution in [0.25, 0.3) is 17.1 Å². The van der Waals surface area contributed by atoms with E-state index in [1.165, 1.54) is 6.08 Å². The number of amides is 1. The van der Waals surface area contributed by atoms with Gasteiger partial charge in [-0.2, -0.15) is 0 Å². The fourth-order valence-electron chi connectivity index (χ4n) is 1.93. The van der Waals surface area contributed by atoms with Gasteiger partial charge in [-0.15, -0.1) is 0 Å². The van der Waals surface area contributed by atoms with Gasteiger partial charge in [0.15, 0.2) is 0 Å². The Kier molecular flexibility index (Phi) is 4.25. The molecule has 108 valence electrons. The number of nitrogens with zero attached hydrogens (tertiary/aromatic N) is 2. The summed E-state index contributed by atoms with van der Waals surface area (Å²) < 4.78 is 0.965. The third-order valence-corrected chi connectivity index (χ3v) is 3.51. The van der Waals surface area contributed by atoms with E-state index in [0.717, 1.165) is 21.2 Å². The second kappa shape index (κ2) is 6.49. The van der Waals surface area contributed by atoms with Crippen molar-refractivity contribution in [2.24, 2.45) is 0 Å². The van der Waals surface area contributed by atoms with Gasteiger partial charge >= 0.3 is 0 Å². The first kappa shape index (κ1) is 14.4. The number of anilines is 1. The SMILES string of the molecule is O=C(/C=C/c1cnc2ccccc2n1)Nc1ccc(Br)cc1. The molecule has 5 heteroatoms. The standard InChI is InChI=1S/C17H12BrN3O/c18-12-5-7-13(8-6-12)21-17(22)10-9-14-11-19-15-3-1-2-4-16(15)20-14/h1-11H,(H,21,22)/b10-9+. The number of nitrogens with one attached hydrogen (secondary N) is 1. The van der Waals surface area contributed by atoms with Crippen molar-refractivity contribution >= 4 is 44.6 Å². The summed E-state index contributed by atoms with van der Waals surface area (Å²) in [6.07, 6.45) is 4.74. The van der Waals surface area contributed by atoms with Crippen LogP contribution in [-0.2, 0) is 4.79 Å². The van der Waals surface area contributed by atoms with Crippen molar-refractivity contribution < 1.29 is 4.79 Å². The molecule has 0 spiro atoms. The molecule has 0 saturated carbocycles. The second-order valence-corrected chi connectivity index (χ2v) is 5.53. The first-order chi connectivity index (χ1) is 10.7. The maximum Gasteiger partial charge on any atom is 0.248 e. The molecule has 2 aromatic carbocycles. The van der Waals surface area contributed by atoms with Crippen molar-refractivity contribution in [1.82, 2.24) is 9.97 Å². The van der Waals surface area contributed by atoms with Gasteiger partial charge in [0.25, 0.3) is 0 Å². The molecule has 3 rings (SSSR count). The molecule has 1 amide bonds. The molecule has 0 aliphatic rings. The molecule has 0 bridgehead atoms. The summed E-state index contributed by atoms with van der Waals surface area (Å²) in [5.74, 6) is -0.211. The summed E-state index contributed by atoms with van der Waals surface area (Å²) in [6, 6.07) is 15.0. The van der Waals surface area contributed by atoms with Crippen molar-refractivity contribution in [3.63, 3.8) is 0 Å². The molecule has 0 radical (unpaired) electrons. The van der Waals surface area contributed by atoms with Crippen LogP contribution >= 0.6 is 15.9 Å². The van der Waals surface area contributed by atoms with Crippen LogP contribution in [0.2, 0.25) is 0 Å². The van der Waals surface area contributed by atoms with E-state index in [4.69, 9.17) is 0 Å². The van der Waals surface area contributed by atoms with Gasteiger partial charge < -0.3 is 5.32 Å². The summed E-state index contributed by atoms with van der Waals surface area (Å²) in [6.45, 7) is 0. The van der Waals surface area contributed by atoms with E-state index < -0.39 is 0 Å². The van der Waals surface area contributed by atoms with Crippen LogP contribution in [0.15, 0.2) is 65.3 Å². The zero-order valence-electron chi connectivity index (χ0n) is 11.5. The number of halogens is 1. The Hall–Kier alpha value is -2.53. The summed E-state index contributed by atoms with van der Waals surface area (Å²) in [4.78, 5) is 20.6. The Morgan fingerprint density at radius 3 is 2.55 bits per heavy atom. The van der Waals surface area contributed by atoms with Crippen molar-refractivity contribution in [3.8, 4) is 0 Å². The van der Waals surface area contributed by atoms with Crippen molar-refractivity contribution in [2.45, 2.75) is 0 Å². The number of para-hydroxylation sites is 2. The highest BCUT2D eigenvalue weighted by molar-refractivity contribution is 9.10. The summed E-state index contributed by atoms with van der Waals surface area (Å²) in [5, 5.41) is 2.78. The third-order valence-electron chi connectivity index (χ3n) is 2.98. The van der Waals surface area contributed by atoms with E-state index in [2.05, 4.69) is 31.2 Å². The number of hydrogen-bond donors (Lipinski definition) is 1. The van der Waals surface area contributed by atoms with E-state index in [-0.39, 0.29) is 5.91 Å². The highest BCUT2D eigenvalue weighted by Gasteiger charge is 1.99. The minimum Gasteiger partial charge on any atom is -0.323 e. The predicted molar refractivity (Wildman–Crippen MR) is 91.3 cm³/mol. The quantitative estimate of drug-likeness (QED) is 0.722. The number of fused-ring (bicyclic) bond motifs is 1. The normalized spacial score (nSPS) is 11.0. The fraction of sp³-hybridized carbons (Fsp3) is 0. The summed E-state index contributed by atoms with van der Waals surface area (Å²) in [5.41, 5.74) is 3.02.